The van der Waals surface area contributed by atoms with Gasteiger partial charge in [-0.3, -0.25) is 4.79 Å². The zero-order valence-corrected chi connectivity index (χ0v) is 12.4. The number of hydrogen-bond acceptors (Lipinski definition) is 4. The van der Waals surface area contributed by atoms with Gasteiger partial charge < -0.3 is 16.6 Å². The smallest absolute Gasteiger partial charge is 0.320 e. The molecule has 1 unspecified atom stereocenters. The van der Waals surface area contributed by atoms with E-state index in [4.69, 9.17) is 16.6 Å². The van der Waals surface area contributed by atoms with Crippen LogP contribution in [-0.4, -0.2) is 17.1 Å². The summed E-state index contributed by atoms with van der Waals surface area (Å²) in [6, 6.07) is 15.6. The number of allylic oxidation sites excluding steroid dienone is 1. The summed E-state index contributed by atoms with van der Waals surface area (Å²) in [5, 5.41) is 18.3. The molecule has 0 fully saturated rings. The van der Waals surface area contributed by atoms with E-state index in [1.807, 2.05) is 18.2 Å². The minimum absolute atomic E-state index is 0.212. The summed E-state index contributed by atoms with van der Waals surface area (Å²) in [7, 11) is 0. The second-order valence-corrected chi connectivity index (χ2v) is 5.19. The predicted octanol–water partition coefficient (Wildman–Crippen LogP) is 2.29. The molecule has 0 spiro atoms. The van der Waals surface area contributed by atoms with Crippen molar-refractivity contribution in [3.05, 3.63) is 65.2 Å². The summed E-state index contributed by atoms with van der Waals surface area (Å²) < 4.78 is 0. The maximum Gasteiger partial charge on any atom is 0.320 e. The van der Waals surface area contributed by atoms with Crippen LogP contribution in [0.4, 0.5) is 5.69 Å². The van der Waals surface area contributed by atoms with E-state index in [2.05, 4.69) is 6.07 Å². The molecule has 0 saturated carbocycles. The number of carbonyl (C=O) groups is 1. The van der Waals surface area contributed by atoms with Gasteiger partial charge in [-0.2, -0.15) is 5.26 Å². The van der Waals surface area contributed by atoms with Crippen molar-refractivity contribution < 1.29 is 9.90 Å². The second kappa shape index (κ2) is 7.25. The van der Waals surface area contributed by atoms with Crippen molar-refractivity contribution in [1.82, 2.24) is 0 Å². The van der Waals surface area contributed by atoms with E-state index in [9.17, 15) is 10.1 Å². The molecule has 0 heterocycles. The fourth-order valence-corrected chi connectivity index (χ4v) is 2.15. The van der Waals surface area contributed by atoms with Gasteiger partial charge in [0.15, 0.2) is 0 Å². The normalized spacial score (nSPS) is 12.4. The number of aliphatic carboxylic acids is 1. The van der Waals surface area contributed by atoms with Gasteiger partial charge >= 0.3 is 5.97 Å². The second-order valence-electron chi connectivity index (χ2n) is 5.19. The molecule has 0 aliphatic carbocycles. The van der Waals surface area contributed by atoms with E-state index < -0.39 is 12.0 Å². The molecule has 1 atom stereocenters. The molecular weight excluding hydrogens is 290 g/mol. The third-order valence-corrected chi connectivity index (χ3v) is 3.38. The number of benzene rings is 2. The lowest BCUT2D eigenvalue weighted by atomic mass is 9.99. The van der Waals surface area contributed by atoms with E-state index in [-0.39, 0.29) is 6.42 Å². The molecule has 5 heteroatoms. The fraction of sp³-hybridized carbons (Fsp3) is 0.111. The highest BCUT2D eigenvalue weighted by Crippen LogP contribution is 2.20. The predicted molar refractivity (Wildman–Crippen MR) is 90.1 cm³/mol. The van der Waals surface area contributed by atoms with E-state index in [1.165, 1.54) is 0 Å². The van der Waals surface area contributed by atoms with Crippen molar-refractivity contribution in [3.63, 3.8) is 0 Å². The van der Waals surface area contributed by atoms with Crippen LogP contribution in [0.5, 0.6) is 0 Å². The van der Waals surface area contributed by atoms with Gasteiger partial charge in [0.05, 0.1) is 11.6 Å². The SMILES string of the molecule is N#CC(=Cc1ccc(N)cc1)c1cccc(CC(N)C(=O)O)c1. The number of anilines is 1. The number of carboxylic acids is 1. The molecule has 23 heavy (non-hydrogen) atoms. The first-order valence-electron chi connectivity index (χ1n) is 7.04. The Bertz CT molecular complexity index is 774. The van der Waals surface area contributed by atoms with Crippen LogP contribution >= 0.6 is 0 Å². The molecule has 2 rings (SSSR count). The van der Waals surface area contributed by atoms with Crippen LogP contribution < -0.4 is 11.5 Å². The number of nitrogens with two attached hydrogens (primary N) is 2. The van der Waals surface area contributed by atoms with Crippen molar-refractivity contribution in [2.45, 2.75) is 12.5 Å². The zero-order valence-electron chi connectivity index (χ0n) is 12.4. The molecule has 5 nitrogen and oxygen atoms in total. The standard InChI is InChI=1S/C18H17N3O2/c19-11-15(8-12-4-6-16(20)7-5-12)14-3-1-2-13(9-14)10-17(21)18(22)23/h1-9,17H,10,20-21H2,(H,22,23). The molecule has 2 aromatic carbocycles. The van der Waals surface area contributed by atoms with Gasteiger partial charge in [0.25, 0.3) is 0 Å². The van der Waals surface area contributed by atoms with Gasteiger partial charge in [0, 0.05) is 5.69 Å². The molecule has 0 aromatic heterocycles. The molecule has 116 valence electrons. The highest BCUT2D eigenvalue weighted by atomic mass is 16.4. The van der Waals surface area contributed by atoms with Crippen LogP contribution in [0.3, 0.4) is 0 Å². The van der Waals surface area contributed by atoms with Gasteiger partial charge in [0.2, 0.25) is 0 Å². The van der Waals surface area contributed by atoms with Gasteiger partial charge in [-0.25, -0.2) is 0 Å². The molecule has 5 N–H and O–H groups in total. The van der Waals surface area contributed by atoms with Crippen molar-refractivity contribution in [1.29, 1.82) is 5.26 Å². The summed E-state index contributed by atoms with van der Waals surface area (Å²) in [5.74, 6) is -1.05. The monoisotopic (exact) mass is 307 g/mol. The maximum atomic E-state index is 10.8. The first kappa shape index (κ1) is 16.3. The lowest BCUT2D eigenvalue weighted by Gasteiger charge is -2.08. The van der Waals surface area contributed by atoms with Crippen molar-refractivity contribution in [3.8, 4) is 6.07 Å². The van der Waals surface area contributed by atoms with E-state index >= 15 is 0 Å². The maximum absolute atomic E-state index is 10.8. The van der Waals surface area contributed by atoms with Crippen LogP contribution in [-0.2, 0) is 11.2 Å². The van der Waals surface area contributed by atoms with E-state index in [1.54, 1.807) is 36.4 Å². The highest BCUT2D eigenvalue weighted by molar-refractivity contribution is 5.89. The molecule has 0 bridgehead atoms. The molecule has 0 amide bonds. The number of carboxylic acid groups (broad SMARTS) is 1. The summed E-state index contributed by atoms with van der Waals surface area (Å²) in [4.78, 5) is 10.8. The minimum Gasteiger partial charge on any atom is -0.480 e. The average molecular weight is 307 g/mol. The number of rotatable bonds is 5. The number of nitriles is 1. The Morgan fingerprint density at radius 2 is 1.96 bits per heavy atom. The molecule has 0 radical (unpaired) electrons. The van der Waals surface area contributed by atoms with Gasteiger partial charge in [-0.15, -0.1) is 0 Å². The Labute approximate surface area is 134 Å². The Hall–Kier alpha value is -3.10. The Morgan fingerprint density at radius 3 is 2.57 bits per heavy atom. The first-order valence-corrected chi connectivity index (χ1v) is 7.04. The van der Waals surface area contributed by atoms with Crippen LogP contribution in [0, 0.1) is 11.3 Å². The van der Waals surface area contributed by atoms with Gasteiger partial charge in [0.1, 0.15) is 6.04 Å². The number of nitrogens with zero attached hydrogens (tertiary/aromatic N) is 1. The molecule has 0 aliphatic rings. The quantitative estimate of drug-likeness (QED) is 0.445. The highest BCUT2D eigenvalue weighted by Gasteiger charge is 2.12. The molecule has 2 aromatic rings. The topological polar surface area (TPSA) is 113 Å². The average Bonchev–Trinajstić information content (AvgIpc) is 2.54. The summed E-state index contributed by atoms with van der Waals surface area (Å²) in [5.41, 5.74) is 14.7. The van der Waals surface area contributed by atoms with Crippen molar-refractivity contribution in [2.24, 2.45) is 5.73 Å². The summed E-state index contributed by atoms with van der Waals surface area (Å²) >= 11 is 0. The fourth-order valence-electron chi connectivity index (χ4n) is 2.15. The van der Waals surface area contributed by atoms with Crippen LogP contribution in [0.2, 0.25) is 0 Å². The third-order valence-electron chi connectivity index (χ3n) is 3.38. The molecule has 0 aliphatic heterocycles. The van der Waals surface area contributed by atoms with Crippen molar-refractivity contribution in [2.75, 3.05) is 5.73 Å². The van der Waals surface area contributed by atoms with Crippen LogP contribution in [0.25, 0.3) is 11.6 Å². The van der Waals surface area contributed by atoms with E-state index in [0.717, 1.165) is 16.7 Å². The Balaban J connectivity index is 2.30. The molecule has 0 saturated heterocycles. The number of hydrogen-bond donors (Lipinski definition) is 3. The Morgan fingerprint density at radius 1 is 1.26 bits per heavy atom. The van der Waals surface area contributed by atoms with Crippen molar-refractivity contribution >= 4 is 23.3 Å². The largest absolute Gasteiger partial charge is 0.480 e. The minimum atomic E-state index is -1.05. The third kappa shape index (κ3) is 4.43. The van der Waals surface area contributed by atoms with E-state index in [0.29, 0.717) is 11.3 Å². The van der Waals surface area contributed by atoms with Gasteiger partial charge in [-0.1, -0.05) is 36.4 Å². The summed E-state index contributed by atoms with van der Waals surface area (Å²) in [6.07, 6.45) is 1.97. The molecular formula is C18H17N3O2. The lowest BCUT2D eigenvalue weighted by Crippen LogP contribution is -2.32. The van der Waals surface area contributed by atoms with Crippen LogP contribution in [0.1, 0.15) is 16.7 Å². The summed E-state index contributed by atoms with van der Waals surface area (Å²) in [6.45, 7) is 0. The zero-order chi connectivity index (χ0) is 16.8. The lowest BCUT2D eigenvalue weighted by molar-refractivity contribution is -0.138. The van der Waals surface area contributed by atoms with Gasteiger partial charge in [-0.05, 0) is 41.3 Å². The van der Waals surface area contributed by atoms with Crippen LogP contribution in [0.15, 0.2) is 48.5 Å². The number of nitrogen functional groups attached to an aromatic ring is 1. The first-order chi connectivity index (χ1) is 11.0. The Kier molecular flexibility index (Phi) is 5.13.